The quantitative estimate of drug-likeness (QED) is 0.588. The van der Waals surface area contributed by atoms with Crippen LogP contribution in [0.2, 0.25) is 5.02 Å². The summed E-state index contributed by atoms with van der Waals surface area (Å²) in [5.41, 5.74) is 6.71. The van der Waals surface area contributed by atoms with Crippen molar-refractivity contribution in [2.45, 2.75) is 12.8 Å². The molecule has 1 aliphatic heterocycles. The highest BCUT2D eigenvalue weighted by Gasteiger charge is 2.23. The summed E-state index contributed by atoms with van der Waals surface area (Å²) < 4.78 is 0. The third-order valence-corrected chi connectivity index (χ3v) is 5.12. The average Bonchev–Trinajstić information content (AvgIpc) is 2.68. The number of carbonyl (C=O) groups excluding carboxylic acids is 2. The number of nitrogens with two attached hydrogens (primary N) is 1. The molecule has 2 aromatic rings. The molecule has 0 atom stereocenters. The molecule has 1 fully saturated rings. The van der Waals surface area contributed by atoms with E-state index in [9.17, 15) is 19.7 Å². The van der Waals surface area contributed by atoms with Gasteiger partial charge >= 0.3 is 0 Å². The molecule has 0 radical (unpaired) electrons. The molecule has 0 unspecified atom stereocenters. The SMILES string of the molecule is NC(=O)C1CCN(c2ccc(NC(=O)c3cc([N+](=O)[O-])ccc3Cl)cc2)CC1. The number of hydrogen-bond acceptors (Lipinski definition) is 5. The van der Waals surface area contributed by atoms with E-state index >= 15 is 0 Å². The number of nitrogens with one attached hydrogen (secondary N) is 1. The first-order valence-corrected chi connectivity index (χ1v) is 9.12. The maximum atomic E-state index is 12.4. The monoisotopic (exact) mass is 402 g/mol. The zero-order chi connectivity index (χ0) is 20.3. The van der Waals surface area contributed by atoms with E-state index in [0.717, 1.165) is 37.7 Å². The second-order valence-corrected chi connectivity index (χ2v) is 6.99. The Kier molecular flexibility index (Phi) is 5.79. The van der Waals surface area contributed by atoms with Crippen LogP contribution >= 0.6 is 11.6 Å². The predicted molar refractivity (Wildman–Crippen MR) is 107 cm³/mol. The van der Waals surface area contributed by atoms with Crippen molar-refractivity contribution in [1.29, 1.82) is 0 Å². The molecular formula is C19H19ClN4O4. The van der Waals surface area contributed by atoms with E-state index in [0.29, 0.717) is 5.69 Å². The summed E-state index contributed by atoms with van der Waals surface area (Å²) in [7, 11) is 0. The van der Waals surface area contributed by atoms with Crippen LogP contribution < -0.4 is 16.0 Å². The standard InChI is InChI=1S/C19H19ClN4O4/c20-17-6-5-15(24(27)28)11-16(17)19(26)22-13-1-3-14(4-2-13)23-9-7-12(8-10-23)18(21)25/h1-6,11-12H,7-10H2,(H2,21,25)(H,22,26). The lowest BCUT2D eigenvalue weighted by Gasteiger charge is -2.32. The predicted octanol–water partition coefficient (Wildman–Crippen LogP) is 3.20. The number of halogens is 1. The fraction of sp³-hybridized carbons (Fsp3) is 0.263. The summed E-state index contributed by atoms with van der Waals surface area (Å²) in [5.74, 6) is -0.851. The number of anilines is 2. The van der Waals surface area contributed by atoms with E-state index in [1.54, 1.807) is 12.1 Å². The number of amides is 2. The first-order chi connectivity index (χ1) is 13.3. The smallest absolute Gasteiger partial charge is 0.270 e. The molecule has 2 amide bonds. The number of nitrogens with zero attached hydrogens (tertiary/aromatic N) is 2. The van der Waals surface area contributed by atoms with Gasteiger partial charge < -0.3 is 16.0 Å². The molecule has 0 spiro atoms. The molecule has 8 nitrogen and oxygen atoms in total. The zero-order valence-corrected chi connectivity index (χ0v) is 15.7. The number of piperidine rings is 1. The van der Waals surface area contributed by atoms with Crippen LogP contribution in [0, 0.1) is 16.0 Å². The first kappa shape index (κ1) is 19.6. The van der Waals surface area contributed by atoms with E-state index in [4.69, 9.17) is 17.3 Å². The number of rotatable bonds is 5. The largest absolute Gasteiger partial charge is 0.371 e. The average molecular weight is 403 g/mol. The van der Waals surface area contributed by atoms with E-state index in [-0.39, 0.29) is 28.1 Å². The Labute approximate surface area is 166 Å². The van der Waals surface area contributed by atoms with Crippen molar-refractivity contribution in [3.63, 3.8) is 0 Å². The molecule has 3 N–H and O–H groups in total. The van der Waals surface area contributed by atoms with Gasteiger partial charge in [-0.3, -0.25) is 19.7 Å². The Hall–Kier alpha value is -3.13. The van der Waals surface area contributed by atoms with E-state index < -0.39 is 10.8 Å². The van der Waals surface area contributed by atoms with Gasteiger partial charge in [-0.25, -0.2) is 0 Å². The molecule has 9 heteroatoms. The number of nitro groups is 1. The Bertz CT molecular complexity index is 909. The van der Waals surface area contributed by atoms with Gasteiger partial charge in [-0.2, -0.15) is 0 Å². The fourth-order valence-electron chi connectivity index (χ4n) is 3.18. The van der Waals surface area contributed by atoms with Gasteiger partial charge in [-0.05, 0) is 43.2 Å². The van der Waals surface area contributed by atoms with E-state index in [1.807, 2.05) is 12.1 Å². The van der Waals surface area contributed by atoms with Crippen LogP contribution in [0.25, 0.3) is 0 Å². The van der Waals surface area contributed by atoms with E-state index in [1.165, 1.54) is 12.1 Å². The Balaban J connectivity index is 1.66. The lowest BCUT2D eigenvalue weighted by molar-refractivity contribution is -0.384. The number of benzene rings is 2. The molecule has 1 heterocycles. The number of primary amides is 1. The summed E-state index contributed by atoms with van der Waals surface area (Å²) in [5, 5.41) is 13.7. The summed E-state index contributed by atoms with van der Waals surface area (Å²) in [6.07, 6.45) is 1.44. The van der Waals surface area contributed by atoms with Gasteiger partial charge in [0.1, 0.15) is 0 Å². The molecule has 0 aromatic heterocycles. The molecule has 2 aromatic carbocycles. The molecular weight excluding hydrogens is 384 g/mol. The first-order valence-electron chi connectivity index (χ1n) is 8.75. The number of hydrogen-bond donors (Lipinski definition) is 2. The second kappa shape index (κ2) is 8.26. The fourth-order valence-corrected chi connectivity index (χ4v) is 3.38. The Morgan fingerprint density at radius 1 is 1.14 bits per heavy atom. The van der Waals surface area contributed by atoms with Gasteiger partial charge in [-0.1, -0.05) is 11.6 Å². The van der Waals surface area contributed by atoms with Crippen molar-refractivity contribution in [1.82, 2.24) is 0 Å². The molecule has 1 aliphatic rings. The van der Waals surface area contributed by atoms with Crippen molar-refractivity contribution in [3.05, 3.63) is 63.2 Å². The Morgan fingerprint density at radius 2 is 1.79 bits per heavy atom. The maximum Gasteiger partial charge on any atom is 0.270 e. The topological polar surface area (TPSA) is 119 Å². The highest BCUT2D eigenvalue weighted by atomic mass is 35.5. The van der Waals surface area contributed by atoms with Crippen molar-refractivity contribution in [2.24, 2.45) is 11.7 Å². The summed E-state index contributed by atoms with van der Waals surface area (Å²) in [6, 6.07) is 11.0. The maximum absolute atomic E-state index is 12.4. The van der Waals surface area contributed by atoms with Crippen LogP contribution in [-0.2, 0) is 4.79 Å². The van der Waals surface area contributed by atoms with Gasteiger partial charge in [0.05, 0.1) is 15.5 Å². The molecule has 0 aliphatic carbocycles. The van der Waals surface area contributed by atoms with Crippen LogP contribution in [-0.4, -0.2) is 29.8 Å². The van der Waals surface area contributed by atoms with Crippen LogP contribution in [0.5, 0.6) is 0 Å². The lowest BCUT2D eigenvalue weighted by Crippen LogP contribution is -2.38. The molecule has 0 bridgehead atoms. The Morgan fingerprint density at radius 3 is 2.36 bits per heavy atom. The van der Waals surface area contributed by atoms with E-state index in [2.05, 4.69) is 10.2 Å². The minimum absolute atomic E-state index is 0.0356. The summed E-state index contributed by atoms with van der Waals surface area (Å²) in [4.78, 5) is 36.2. The number of non-ortho nitro benzene ring substituents is 1. The normalized spacial score (nSPS) is 14.5. The minimum Gasteiger partial charge on any atom is -0.371 e. The van der Waals surface area contributed by atoms with Crippen LogP contribution in [0.3, 0.4) is 0 Å². The van der Waals surface area contributed by atoms with Gasteiger partial charge in [0, 0.05) is 42.5 Å². The molecule has 28 heavy (non-hydrogen) atoms. The van der Waals surface area contributed by atoms with Crippen molar-refractivity contribution >= 4 is 40.5 Å². The van der Waals surface area contributed by atoms with Crippen LogP contribution in [0.15, 0.2) is 42.5 Å². The van der Waals surface area contributed by atoms with Crippen molar-refractivity contribution < 1.29 is 14.5 Å². The minimum atomic E-state index is -0.580. The molecule has 0 saturated carbocycles. The highest BCUT2D eigenvalue weighted by Crippen LogP contribution is 2.26. The number of carbonyl (C=O) groups is 2. The van der Waals surface area contributed by atoms with Gasteiger partial charge in [0.2, 0.25) is 5.91 Å². The van der Waals surface area contributed by atoms with Gasteiger partial charge in [0.15, 0.2) is 0 Å². The zero-order valence-electron chi connectivity index (χ0n) is 14.9. The highest BCUT2D eigenvalue weighted by molar-refractivity contribution is 6.34. The third-order valence-electron chi connectivity index (χ3n) is 4.79. The van der Waals surface area contributed by atoms with Crippen molar-refractivity contribution in [2.75, 3.05) is 23.3 Å². The molecule has 1 saturated heterocycles. The summed E-state index contributed by atoms with van der Waals surface area (Å²) >= 11 is 6.00. The van der Waals surface area contributed by atoms with Crippen molar-refractivity contribution in [3.8, 4) is 0 Å². The van der Waals surface area contributed by atoms with Gasteiger partial charge in [0.25, 0.3) is 11.6 Å². The molecule has 146 valence electrons. The van der Waals surface area contributed by atoms with Gasteiger partial charge in [-0.15, -0.1) is 0 Å². The van der Waals surface area contributed by atoms with Crippen LogP contribution in [0.1, 0.15) is 23.2 Å². The second-order valence-electron chi connectivity index (χ2n) is 6.59. The summed E-state index contributed by atoms with van der Waals surface area (Å²) in [6.45, 7) is 1.48. The third kappa shape index (κ3) is 4.40. The number of nitro benzene ring substituents is 1. The lowest BCUT2D eigenvalue weighted by atomic mass is 9.96. The van der Waals surface area contributed by atoms with Crippen LogP contribution in [0.4, 0.5) is 17.1 Å². The molecule has 3 rings (SSSR count).